The van der Waals surface area contributed by atoms with Gasteiger partial charge < -0.3 is 9.36 Å². The number of carbonyl (C=O) groups is 3. The molecule has 1 aromatic heterocycles. The Hall–Kier alpha value is -2.61. The molecule has 23 heavy (non-hydrogen) atoms. The summed E-state index contributed by atoms with van der Waals surface area (Å²) in [4.78, 5) is 41.1. The van der Waals surface area contributed by atoms with E-state index in [0.29, 0.717) is 16.6 Å². The Balaban J connectivity index is 1.73. The first-order valence-electron chi connectivity index (χ1n) is 6.85. The molecule has 118 valence electrons. The van der Waals surface area contributed by atoms with Crippen molar-refractivity contribution in [3.8, 4) is 0 Å². The lowest BCUT2D eigenvalue weighted by atomic mass is 10.1. The van der Waals surface area contributed by atoms with Crippen molar-refractivity contribution in [2.24, 2.45) is 0 Å². The molecule has 0 saturated heterocycles. The van der Waals surface area contributed by atoms with Crippen molar-refractivity contribution < 1.29 is 23.7 Å². The SMILES string of the molecule is CCSCc1cc(C(=O)ON2C(=O)c3ccccc3C2=O)no1. The molecule has 0 radical (unpaired) electrons. The fourth-order valence-electron chi connectivity index (χ4n) is 2.06. The molecule has 1 aliphatic rings. The van der Waals surface area contributed by atoms with Crippen LogP contribution in [-0.2, 0) is 10.6 Å². The van der Waals surface area contributed by atoms with Gasteiger partial charge in [0.15, 0.2) is 5.69 Å². The van der Waals surface area contributed by atoms with Crippen molar-refractivity contribution in [3.63, 3.8) is 0 Å². The third kappa shape index (κ3) is 2.85. The van der Waals surface area contributed by atoms with Gasteiger partial charge >= 0.3 is 5.97 Å². The lowest BCUT2D eigenvalue weighted by molar-refractivity contribution is -0.0590. The van der Waals surface area contributed by atoms with Crippen LogP contribution in [0.1, 0.15) is 43.9 Å². The monoisotopic (exact) mass is 332 g/mol. The summed E-state index contributed by atoms with van der Waals surface area (Å²) >= 11 is 1.61. The van der Waals surface area contributed by atoms with Crippen molar-refractivity contribution in [3.05, 3.63) is 52.9 Å². The van der Waals surface area contributed by atoms with Gasteiger partial charge in [0.1, 0.15) is 5.76 Å². The second kappa shape index (κ2) is 6.25. The predicted molar refractivity (Wildman–Crippen MR) is 80.7 cm³/mol. The van der Waals surface area contributed by atoms with E-state index in [-0.39, 0.29) is 16.8 Å². The second-order valence-electron chi connectivity index (χ2n) is 4.64. The summed E-state index contributed by atoms with van der Waals surface area (Å²) in [7, 11) is 0. The molecule has 2 amide bonds. The normalized spacial score (nSPS) is 13.3. The molecule has 1 aliphatic heterocycles. The van der Waals surface area contributed by atoms with Crippen LogP contribution < -0.4 is 0 Å². The molecule has 0 unspecified atom stereocenters. The van der Waals surface area contributed by atoms with Crippen LogP contribution in [0.4, 0.5) is 0 Å². The first-order valence-corrected chi connectivity index (χ1v) is 8.00. The van der Waals surface area contributed by atoms with Crippen LogP contribution in [0.25, 0.3) is 0 Å². The molecule has 0 saturated carbocycles. The first kappa shape index (κ1) is 15.3. The first-order chi connectivity index (χ1) is 11.1. The van der Waals surface area contributed by atoms with Crippen LogP contribution in [0.3, 0.4) is 0 Å². The highest BCUT2D eigenvalue weighted by Crippen LogP contribution is 2.23. The summed E-state index contributed by atoms with van der Waals surface area (Å²) in [6.07, 6.45) is 0. The summed E-state index contributed by atoms with van der Waals surface area (Å²) < 4.78 is 5.01. The summed E-state index contributed by atoms with van der Waals surface area (Å²) in [6.45, 7) is 2.00. The molecule has 0 atom stereocenters. The average molecular weight is 332 g/mol. The maximum atomic E-state index is 12.1. The van der Waals surface area contributed by atoms with E-state index in [1.54, 1.807) is 23.9 Å². The molecule has 3 rings (SSSR count). The van der Waals surface area contributed by atoms with Crippen LogP contribution in [0.15, 0.2) is 34.9 Å². The molecule has 2 aromatic rings. The number of hydroxylamine groups is 2. The van der Waals surface area contributed by atoms with Gasteiger partial charge in [-0.3, -0.25) is 9.59 Å². The predicted octanol–water partition coefficient (Wildman–Crippen LogP) is 2.30. The largest absolute Gasteiger partial charge is 0.385 e. The van der Waals surface area contributed by atoms with E-state index in [4.69, 9.17) is 9.36 Å². The number of carbonyl (C=O) groups excluding carboxylic acids is 3. The van der Waals surface area contributed by atoms with E-state index in [1.165, 1.54) is 18.2 Å². The molecule has 2 heterocycles. The van der Waals surface area contributed by atoms with Gasteiger partial charge in [0.2, 0.25) is 0 Å². The number of amides is 2. The molecule has 1 aromatic carbocycles. The van der Waals surface area contributed by atoms with Gasteiger partial charge in [0, 0.05) is 6.07 Å². The maximum absolute atomic E-state index is 12.1. The minimum absolute atomic E-state index is 0.0896. The summed E-state index contributed by atoms with van der Waals surface area (Å²) in [6, 6.07) is 7.69. The van der Waals surface area contributed by atoms with Gasteiger partial charge in [-0.1, -0.05) is 29.3 Å². The lowest BCUT2D eigenvalue weighted by Gasteiger charge is -2.10. The number of imide groups is 1. The highest BCUT2D eigenvalue weighted by atomic mass is 32.2. The number of benzene rings is 1. The van der Waals surface area contributed by atoms with Gasteiger partial charge in [0.25, 0.3) is 11.8 Å². The molecule has 0 bridgehead atoms. The molecule has 7 nitrogen and oxygen atoms in total. The summed E-state index contributed by atoms with van der Waals surface area (Å²) in [5.74, 6) is -0.283. The van der Waals surface area contributed by atoms with Gasteiger partial charge in [-0.05, 0) is 17.9 Å². The number of hydrogen-bond donors (Lipinski definition) is 0. The van der Waals surface area contributed by atoms with Crippen LogP contribution in [0.2, 0.25) is 0 Å². The van der Waals surface area contributed by atoms with Crippen LogP contribution in [-0.4, -0.2) is 33.8 Å². The smallest absolute Gasteiger partial charge is 0.360 e. The Labute approximate surface area is 135 Å². The number of hydrogen-bond acceptors (Lipinski definition) is 7. The van der Waals surface area contributed by atoms with Crippen molar-refractivity contribution >= 4 is 29.5 Å². The standard InChI is InChI=1S/C15H12N2O5S/c1-2-23-8-9-7-12(16-21-9)15(20)22-17-13(18)10-5-3-4-6-11(10)14(17)19/h3-7H,2,8H2,1H3. The molecular weight excluding hydrogens is 320 g/mol. The van der Waals surface area contributed by atoms with E-state index >= 15 is 0 Å². The maximum Gasteiger partial charge on any atom is 0.385 e. The Morgan fingerprint density at radius 2 is 1.91 bits per heavy atom. The number of nitrogens with zero attached hydrogens (tertiary/aromatic N) is 2. The molecule has 0 N–H and O–H groups in total. The van der Waals surface area contributed by atoms with E-state index in [2.05, 4.69) is 5.16 Å². The van der Waals surface area contributed by atoms with Gasteiger partial charge in [-0.2, -0.15) is 11.8 Å². The Morgan fingerprint density at radius 1 is 1.26 bits per heavy atom. The highest BCUT2D eigenvalue weighted by Gasteiger charge is 2.39. The van der Waals surface area contributed by atoms with Crippen LogP contribution in [0.5, 0.6) is 0 Å². The van der Waals surface area contributed by atoms with E-state index in [9.17, 15) is 14.4 Å². The zero-order valence-corrected chi connectivity index (χ0v) is 13.0. The highest BCUT2D eigenvalue weighted by molar-refractivity contribution is 7.98. The summed E-state index contributed by atoms with van der Waals surface area (Å²) in [5, 5.41) is 4.04. The number of fused-ring (bicyclic) bond motifs is 1. The Morgan fingerprint density at radius 3 is 2.52 bits per heavy atom. The minimum atomic E-state index is -0.920. The van der Waals surface area contributed by atoms with Gasteiger partial charge in [-0.25, -0.2) is 4.79 Å². The topological polar surface area (TPSA) is 89.7 Å². The Kier molecular flexibility index (Phi) is 4.16. The fraction of sp³-hybridized carbons (Fsp3) is 0.200. The van der Waals surface area contributed by atoms with Crippen LogP contribution in [0, 0.1) is 0 Å². The quantitative estimate of drug-likeness (QED) is 0.776. The molecule has 0 fully saturated rings. The zero-order valence-electron chi connectivity index (χ0n) is 12.1. The van der Waals surface area contributed by atoms with Crippen LogP contribution >= 0.6 is 11.8 Å². The number of rotatable bonds is 5. The van der Waals surface area contributed by atoms with E-state index in [0.717, 1.165) is 5.75 Å². The summed E-state index contributed by atoms with van der Waals surface area (Å²) in [5.41, 5.74) is 0.309. The molecule has 0 spiro atoms. The van der Waals surface area contributed by atoms with Gasteiger partial charge in [0.05, 0.1) is 16.9 Å². The Bertz CT molecular complexity index is 751. The van der Waals surface area contributed by atoms with E-state index in [1.807, 2.05) is 6.92 Å². The second-order valence-corrected chi connectivity index (χ2v) is 5.92. The van der Waals surface area contributed by atoms with E-state index < -0.39 is 17.8 Å². The van der Waals surface area contributed by atoms with Crippen molar-refractivity contribution in [1.82, 2.24) is 10.2 Å². The van der Waals surface area contributed by atoms with Crippen molar-refractivity contribution in [1.29, 1.82) is 0 Å². The zero-order chi connectivity index (χ0) is 16.4. The minimum Gasteiger partial charge on any atom is -0.360 e. The number of aromatic nitrogens is 1. The third-order valence-corrected chi connectivity index (χ3v) is 4.04. The number of thioether (sulfide) groups is 1. The molecule has 8 heteroatoms. The van der Waals surface area contributed by atoms with Gasteiger partial charge in [-0.15, -0.1) is 0 Å². The average Bonchev–Trinajstić information content (AvgIpc) is 3.13. The molecular formula is C15H12N2O5S. The third-order valence-electron chi connectivity index (χ3n) is 3.15. The molecule has 0 aliphatic carbocycles. The lowest BCUT2D eigenvalue weighted by Crippen LogP contribution is -2.32. The van der Waals surface area contributed by atoms with Crippen molar-refractivity contribution in [2.45, 2.75) is 12.7 Å². The van der Waals surface area contributed by atoms with Crippen molar-refractivity contribution in [2.75, 3.05) is 5.75 Å². The fourth-order valence-corrected chi connectivity index (χ4v) is 2.60.